The normalized spacial score (nSPS) is 16.3. The highest BCUT2D eigenvalue weighted by Crippen LogP contribution is 2.31. The number of hydrogen-bond donors (Lipinski definition) is 1. The molecule has 1 aliphatic heterocycles. The van der Waals surface area contributed by atoms with Crippen LogP contribution in [-0.2, 0) is 15.8 Å². The number of halogens is 3. The van der Waals surface area contributed by atoms with Crippen molar-refractivity contribution >= 4 is 17.5 Å². The van der Waals surface area contributed by atoms with Crippen LogP contribution in [0.15, 0.2) is 24.3 Å². The first-order valence-electron chi connectivity index (χ1n) is 4.67. The molecule has 0 aliphatic carbocycles. The molecule has 0 atom stereocenters. The van der Waals surface area contributed by atoms with Crippen LogP contribution in [0.3, 0.4) is 0 Å². The zero-order valence-electron chi connectivity index (χ0n) is 8.41. The summed E-state index contributed by atoms with van der Waals surface area (Å²) in [6.07, 6.45) is -4.83. The van der Waals surface area contributed by atoms with Gasteiger partial charge in [0.05, 0.1) is 11.3 Å². The fourth-order valence-corrected chi connectivity index (χ4v) is 1.47. The SMILES string of the molecule is O=C1CC(=O)N(c2cccc(C(F)(F)F)c2)N1. The molecule has 0 aromatic heterocycles. The molecule has 0 radical (unpaired) electrons. The minimum atomic E-state index is -4.48. The number of hydrogen-bond acceptors (Lipinski definition) is 2. The van der Waals surface area contributed by atoms with Gasteiger partial charge < -0.3 is 0 Å². The molecule has 1 fully saturated rings. The van der Waals surface area contributed by atoms with Crippen LogP contribution < -0.4 is 10.4 Å². The molecule has 2 rings (SSSR count). The largest absolute Gasteiger partial charge is 0.416 e. The lowest BCUT2D eigenvalue weighted by Gasteiger charge is -2.16. The summed E-state index contributed by atoms with van der Waals surface area (Å²) in [5.41, 5.74) is 1.30. The van der Waals surface area contributed by atoms with Crippen molar-refractivity contribution in [2.75, 3.05) is 5.01 Å². The van der Waals surface area contributed by atoms with E-state index in [2.05, 4.69) is 5.43 Å². The predicted molar refractivity (Wildman–Crippen MR) is 51.7 cm³/mol. The number of carbonyl (C=O) groups is 2. The summed E-state index contributed by atoms with van der Waals surface area (Å²) in [5, 5.41) is 0.817. The van der Waals surface area contributed by atoms with Crippen LogP contribution >= 0.6 is 0 Å². The molecule has 1 aliphatic rings. The number of alkyl halides is 3. The molecule has 4 nitrogen and oxygen atoms in total. The number of hydrazine groups is 1. The van der Waals surface area contributed by atoms with E-state index in [4.69, 9.17) is 0 Å². The summed E-state index contributed by atoms with van der Waals surface area (Å²) in [6.45, 7) is 0. The summed E-state index contributed by atoms with van der Waals surface area (Å²) >= 11 is 0. The maximum atomic E-state index is 12.4. The Kier molecular flexibility index (Phi) is 2.53. The predicted octanol–water partition coefficient (Wildman–Crippen LogP) is 1.47. The molecule has 1 aromatic carbocycles. The number of carbonyl (C=O) groups excluding carboxylic acids is 2. The first-order valence-corrected chi connectivity index (χ1v) is 4.67. The van der Waals surface area contributed by atoms with Gasteiger partial charge in [0.2, 0.25) is 5.91 Å². The van der Waals surface area contributed by atoms with E-state index in [1.165, 1.54) is 12.1 Å². The zero-order chi connectivity index (χ0) is 12.6. The maximum Gasteiger partial charge on any atom is 0.416 e. The quantitative estimate of drug-likeness (QED) is 0.760. The van der Waals surface area contributed by atoms with Gasteiger partial charge in [0, 0.05) is 0 Å². The molecule has 0 spiro atoms. The number of nitrogens with zero attached hydrogens (tertiary/aromatic N) is 1. The van der Waals surface area contributed by atoms with Crippen LogP contribution in [0.2, 0.25) is 0 Å². The average Bonchev–Trinajstić information content (AvgIpc) is 2.57. The standard InChI is InChI=1S/C10H7F3N2O2/c11-10(12,13)6-2-1-3-7(4-6)15-9(17)5-8(16)14-15/h1-4H,5H2,(H,14,16). The van der Waals surface area contributed by atoms with Gasteiger partial charge >= 0.3 is 6.18 Å². The Labute approximate surface area is 94.0 Å². The first kappa shape index (κ1) is 11.4. The second-order valence-electron chi connectivity index (χ2n) is 3.49. The molecule has 90 valence electrons. The molecule has 7 heteroatoms. The number of nitrogens with one attached hydrogen (secondary N) is 1. The highest BCUT2D eigenvalue weighted by molar-refractivity contribution is 6.11. The number of amides is 2. The van der Waals surface area contributed by atoms with Crippen molar-refractivity contribution in [1.29, 1.82) is 0 Å². The Hall–Kier alpha value is -2.05. The van der Waals surface area contributed by atoms with Gasteiger partial charge in [-0.2, -0.15) is 13.2 Å². The fourth-order valence-electron chi connectivity index (χ4n) is 1.47. The van der Waals surface area contributed by atoms with E-state index in [9.17, 15) is 22.8 Å². The smallest absolute Gasteiger partial charge is 0.273 e. The van der Waals surface area contributed by atoms with Crippen molar-refractivity contribution in [3.8, 4) is 0 Å². The molecule has 1 saturated heterocycles. The molecule has 1 heterocycles. The van der Waals surface area contributed by atoms with E-state index in [0.29, 0.717) is 0 Å². The van der Waals surface area contributed by atoms with E-state index in [0.717, 1.165) is 17.1 Å². The molecule has 2 amide bonds. The Bertz CT molecular complexity index is 485. The van der Waals surface area contributed by atoms with Crippen molar-refractivity contribution in [2.24, 2.45) is 0 Å². The van der Waals surface area contributed by atoms with Crippen molar-refractivity contribution in [1.82, 2.24) is 5.43 Å². The maximum absolute atomic E-state index is 12.4. The van der Waals surface area contributed by atoms with Crippen molar-refractivity contribution < 1.29 is 22.8 Å². The van der Waals surface area contributed by atoms with Crippen LogP contribution in [0.4, 0.5) is 18.9 Å². The molecular weight excluding hydrogens is 237 g/mol. The second-order valence-corrected chi connectivity index (χ2v) is 3.49. The van der Waals surface area contributed by atoms with Gasteiger partial charge in [-0.3, -0.25) is 15.0 Å². The van der Waals surface area contributed by atoms with Gasteiger partial charge in [0.1, 0.15) is 6.42 Å². The number of rotatable bonds is 1. The Balaban J connectivity index is 2.34. The lowest BCUT2D eigenvalue weighted by molar-refractivity contribution is -0.137. The minimum Gasteiger partial charge on any atom is -0.273 e. The van der Waals surface area contributed by atoms with Crippen LogP contribution in [0.5, 0.6) is 0 Å². The van der Waals surface area contributed by atoms with E-state index in [-0.39, 0.29) is 12.1 Å². The van der Waals surface area contributed by atoms with E-state index < -0.39 is 23.6 Å². The molecule has 0 bridgehead atoms. The van der Waals surface area contributed by atoms with E-state index >= 15 is 0 Å². The minimum absolute atomic E-state index is 0.00400. The third kappa shape index (κ3) is 2.22. The summed E-state index contributed by atoms with van der Waals surface area (Å²) in [7, 11) is 0. The van der Waals surface area contributed by atoms with Crippen LogP contribution in [0, 0.1) is 0 Å². The summed E-state index contributed by atoms with van der Waals surface area (Å²) in [6, 6.07) is 4.20. The topological polar surface area (TPSA) is 49.4 Å². The van der Waals surface area contributed by atoms with Gasteiger partial charge in [-0.25, -0.2) is 5.01 Å². The first-order chi connectivity index (χ1) is 7.88. The van der Waals surface area contributed by atoms with Crippen LogP contribution in [0.1, 0.15) is 12.0 Å². The third-order valence-electron chi connectivity index (χ3n) is 2.23. The Morgan fingerprint density at radius 3 is 2.47 bits per heavy atom. The van der Waals surface area contributed by atoms with Gasteiger partial charge in [0.25, 0.3) is 5.91 Å². The molecule has 17 heavy (non-hydrogen) atoms. The van der Waals surface area contributed by atoms with Gasteiger partial charge in [-0.05, 0) is 18.2 Å². The molecular formula is C10H7F3N2O2. The zero-order valence-corrected chi connectivity index (χ0v) is 8.41. The molecule has 1 aromatic rings. The van der Waals surface area contributed by atoms with Gasteiger partial charge in [0.15, 0.2) is 0 Å². The van der Waals surface area contributed by atoms with E-state index in [1.54, 1.807) is 0 Å². The Morgan fingerprint density at radius 1 is 1.24 bits per heavy atom. The monoisotopic (exact) mass is 244 g/mol. The third-order valence-corrected chi connectivity index (χ3v) is 2.23. The lowest BCUT2D eigenvalue weighted by atomic mass is 10.2. The van der Waals surface area contributed by atoms with Crippen molar-refractivity contribution in [3.05, 3.63) is 29.8 Å². The summed E-state index contributed by atoms with van der Waals surface area (Å²) in [5.74, 6) is -1.11. The average molecular weight is 244 g/mol. The molecule has 1 N–H and O–H groups in total. The fraction of sp³-hybridized carbons (Fsp3) is 0.200. The highest BCUT2D eigenvalue weighted by Gasteiger charge is 2.33. The van der Waals surface area contributed by atoms with Gasteiger partial charge in [-0.1, -0.05) is 6.07 Å². The summed E-state index contributed by atoms with van der Waals surface area (Å²) < 4.78 is 37.3. The van der Waals surface area contributed by atoms with Crippen LogP contribution in [0.25, 0.3) is 0 Å². The van der Waals surface area contributed by atoms with Crippen LogP contribution in [-0.4, -0.2) is 11.8 Å². The number of anilines is 1. The van der Waals surface area contributed by atoms with E-state index in [1.807, 2.05) is 0 Å². The Morgan fingerprint density at radius 2 is 1.94 bits per heavy atom. The van der Waals surface area contributed by atoms with Crippen molar-refractivity contribution in [2.45, 2.75) is 12.6 Å². The summed E-state index contributed by atoms with van der Waals surface area (Å²) in [4.78, 5) is 22.2. The highest BCUT2D eigenvalue weighted by atomic mass is 19.4. The molecule has 0 saturated carbocycles. The lowest BCUT2D eigenvalue weighted by Crippen LogP contribution is -2.35. The number of benzene rings is 1. The second kappa shape index (κ2) is 3.76. The molecule has 0 unspecified atom stereocenters. The van der Waals surface area contributed by atoms with Gasteiger partial charge in [-0.15, -0.1) is 0 Å². The van der Waals surface area contributed by atoms with Crippen molar-refractivity contribution in [3.63, 3.8) is 0 Å².